The molecule has 0 aliphatic carbocycles. The summed E-state index contributed by atoms with van der Waals surface area (Å²) in [6, 6.07) is 0. The van der Waals surface area contributed by atoms with Gasteiger partial charge in [0.1, 0.15) is 11.4 Å². The van der Waals surface area contributed by atoms with E-state index in [2.05, 4.69) is 6.58 Å². The maximum Gasteiger partial charge on any atom is 0.308 e. The molecule has 0 bridgehead atoms. The number of hydrogen-bond acceptors (Lipinski definition) is 5. The highest BCUT2D eigenvalue weighted by Crippen LogP contribution is 2.31. The molecule has 146 valence electrons. The summed E-state index contributed by atoms with van der Waals surface area (Å²) in [5.74, 6) is -0.177. The van der Waals surface area contributed by atoms with Gasteiger partial charge in [-0.05, 0) is 33.1 Å². The maximum absolute atomic E-state index is 12.9. The van der Waals surface area contributed by atoms with Crippen LogP contribution in [0, 0.1) is 11.3 Å². The molecule has 0 fully saturated rings. The molecule has 0 unspecified atom stereocenters. The Bertz CT molecular complexity index is 447. The molecule has 0 aromatic rings. The van der Waals surface area contributed by atoms with Crippen LogP contribution >= 0.6 is 0 Å². The predicted octanol–water partition coefficient (Wildman–Crippen LogP) is 3.95. The molecule has 5 nitrogen and oxygen atoms in total. The van der Waals surface area contributed by atoms with E-state index in [4.69, 9.17) is 14.2 Å². The van der Waals surface area contributed by atoms with Gasteiger partial charge in [-0.2, -0.15) is 0 Å². The fourth-order valence-corrected chi connectivity index (χ4v) is 2.72. The van der Waals surface area contributed by atoms with Gasteiger partial charge in [-0.1, -0.05) is 26.8 Å². The summed E-state index contributed by atoms with van der Waals surface area (Å²) in [7, 11) is 3.12. The van der Waals surface area contributed by atoms with E-state index >= 15 is 0 Å². The summed E-state index contributed by atoms with van der Waals surface area (Å²) in [4.78, 5) is 25.0. The molecular formula is C20H36O5. The summed E-state index contributed by atoms with van der Waals surface area (Å²) < 4.78 is 16.3. The minimum absolute atomic E-state index is 0.00525. The van der Waals surface area contributed by atoms with Gasteiger partial charge in [-0.25, -0.2) is 0 Å². The summed E-state index contributed by atoms with van der Waals surface area (Å²) >= 11 is 0. The van der Waals surface area contributed by atoms with Crippen LogP contribution in [0.2, 0.25) is 0 Å². The van der Waals surface area contributed by atoms with Crippen LogP contribution in [0.3, 0.4) is 0 Å². The number of methoxy groups -OCH3 is 2. The van der Waals surface area contributed by atoms with Gasteiger partial charge in [0.15, 0.2) is 0 Å². The van der Waals surface area contributed by atoms with Gasteiger partial charge in [0.2, 0.25) is 0 Å². The Hall–Kier alpha value is -1.20. The fraction of sp³-hybridized carbons (Fsp3) is 0.800. The van der Waals surface area contributed by atoms with Crippen LogP contribution in [-0.4, -0.2) is 43.8 Å². The highest BCUT2D eigenvalue weighted by atomic mass is 16.6. The van der Waals surface area contributed by atoms with Crippen molar-refractivity contribution < 1.29 is 23.8 Å². The Morgan fingerprint density at radius 3 is 2.00 bits per heavy atom. The van der Waals surface area contributed by atoms with E-state index < -0.39 is 17.1 Å². The lowest BCUT2D eigenvalue weighted by molar-refractivity contribution is -0.161. The first-order valence-electron chi connectivity index (χ1n) is 8.80. The van der Waals surface area contributed by atoms with Crippen LogP contribution in [0.1, 0.15) is 60.8 Å². The average molecular weight is 357 g/mol. The lowest BCUT2D eigenvalue weighted by Crippen LogP contribution is -2.43. The summed E-state index contributed by atoms with van der Waals surface area (Å²) in [6.45, 7) is 14.8. The number of carbonyl (C=O) groups is 2. The number of hydrogen-bond donors (Lipinski definition) is 0. The number of ether oxygens (including phenoxy) is 3. The summed E-state index contributed by atoms with van der Waals surface area (Å²) in [6.07, 6.45) is 2.16. The third-order valence-electron chi connectivity index (χ3n) is 4.44. The number of esters is 1. The molecule has 0 saturated heterocycles. The lowest BCUT2D eigenvalue weighted by atomic mass is 9.77. The standard InChI is InChI=1S/C20H36O5/c1-10-11-14(2)15(23-8)12-16(21)20(6,7)17(24-9)13-18(22)25-19(3,4)5/h10,14-15,17H,1,11-13H2,2-9H3/t14-,15+,17-/m0/s1. The highest BCUT2D eigenvalue weighted by molar-refractivity contribution is 5.86. The van der Waals surface area contributed by atoms with Crippen molar-refractivity contribution in [3.05, 3.63) is 12.7 Å². The zero-order chi connectivity index (χ0) is 19.8. The highest BCUT2D eigenvalue weighted by Gasteiger charge is 2.40. The van der Waals surface area contributed by atoms with Gasteiger partial charge in [-0.15, -0.1) is 6.58 Å². The Morgan fingerprint density at radius 1 is 1.04 bits per heavy atom. The third-order valence-corrected chi connectivity index (χ3v) is 4.44. The van der Waals surface area contributed by atoms with Crippen LogP contribution < -0.4 is 0 Å². The second-order valence-corrected chi connectivity index (χ2v) is 8.14. The van der Waals surface area contributed by atoms with Crippen molar-refractivity contribution in [2.24, 2.45) is 11.3 Å². The van der Waals surface area contributed by atoms with E-state index in [0.29, 0.717) is 0 Å². The van der Waals surface area contributed by atoms with Crippen LogP contribution in [0.4, 0.5) is 0 Å². The Labute approximate surface area is 153 Å². The molecule has 0 amide bonds. The van der Waals surface area contributed by atoms with Crippen molar-refractivity contribution >= 4 is 11.8 Å². The molecule has 0 spiro atoms. The van der Waals surface area contributed by atoms with E-state index in [1.165, 1.54) is 7.11 Å². The predicted molar refractivity (Wildman–Crippen MR) is 99.4 cm³/mol. The SMILES string of the molecule is C=CC[C@H](C)[C@@H](CC(=O)C(C)(C)[C@H](CC(=O)OC(C)(C)C)OC)OC. The molecule has 0 saturated carbocycles. The number of Topliss-reactive ketones (excluding diaryl/α,β-unsaturated/α-hetero) is 1. The van der Waals surface area contributed by atoms with Gasteiger partial charge in [-0.3, -0.25) is 9.59 Å². The molecule has 3 atom stereocenters. The van der Waals surface area contributed by atoms with E-state index in [-0.39, 0.29) is 36.6 Å². The van der Waals surface area contributed by atoms with Gasteiger partial charge >= 0.3 is 5.97 Å². The third kappa shape index (κ3) is 8.15. The van der Waals surface area contributed by atoms with Crippen molar-refractivity contribution in [2.75, 3.05) is 14.2 Å². The molecule has 0 aromatic heterocycles. The van der Waals surface area contributed by atoms with Crippen LogP contribution in [-0.2, 0) is 23.8 Å². The van der Waals surface area contributed by atoms with Crippen LogP contribution in [0.15, 0.2) is 12.7 Å². The van der Waals surface area contributed by atoms with Crippen LogP contribution in [0.25, 0.3) is 0 Å². The first-order valence-corrected chi connectivity index (χ1v) is 8.80. The van der Waals surface area contributed by atoms with Gasteiger partial charge in [0.05, 0.1) is 24.0 Å². The Morgan fingerprint density at radius 2 is 1.60 bits per heavy atom. The minimum atomic E-state index is -0.823. The number of carbonyl (C=O) groups excluding carboxylic acids is 2. The topological polar surface area (TPSA) is 61.8 Å². The zero-order valence-electron chi connectivity index (χ0n) is 17.2. The van der Waals surface area contributed by atoms with Crippen molar-refractivity contribution in [1.82, 2.24) is 0 Å². The van der Waals surface area contributed by atoms with E-state index in [0.717, 1.165) is 6.42 Å². The molecule has 0 aromatic carbocycles. The smallest absolute Gasteiger partial charge is 0.308 e. The quantitative estimate of drug-likeness (QED) is 0.414. The Kier molecular flexibility index (Phi) is 9.59. The van der Waals surface area contributed by atoms with Crippen molar-refractivity contribution in [3.8, 4) is 0 Å². The minimum Gasteiger partial charge on any atom is -0.460 e. The summed E-state index contributed by atoms with van der Waals surface area (Å²) in [5.41, 5.74) is -1.39. The fourth-order valence-electron chi connectivity index (χ4n) is 2.72. The maximum atomic E-state index is 12.9. The van der Waals surface area contributed by atoms with Gasteiger partial charge in [0, 0.05) is 20.6 Å². The van der Waals surface area contributed by atoms with E-state index in [9.17, 15) is 9.59 Å². The Balaban J connectivity index is 5.05. The molecule has 0 aliphatic heterocycles. The average Bonchev–Trinajstić information content (AvgIpc) is 2.47. The largest absolute Gasteiger partial charge is 0.460 e. The zero-order valence-corrected chi connectivity index (χ0v) is 17.2. The normalized spacial score (nSPS) is 16.0. The molecule has 5 heteroatoms. The van der Waals surface area contributed by atoms with Gasteiger partial charge in [0.25, 0.3) is 0 Å². The van der Waals surface area contributed by atoms with Crippen molar-refractivity contribution in [2.45, 2.75) is 78.6 Å². The van der Waals surface area contributed by atoms with E-state index in [1.807, 2.05) is 33.8 Å². The van der Waals surface area contributed by atoms with E-state index in [1.54, 1.807) is 21.0 Å². The second-order valence-electron chi connectivity index (χ2n) is 8.14. The number of ketones is 1. The molecular weight excluding hydrogens is 320 g/mol. The second kappa shape index (κ2) is 10.1. The number of rotatable bonds is 11. The molecule has 0 N–H and O–H groups in total. The van der Waals surface area contributed by atoms with Gasteiger partial charge < -0.3 is 14.2 Å². The van der Waals surface area contributed by atoms with Crippen LogP contribution in [0.5, 0.6) is 0 Å². The molecule has 25 heavy (non-hydrogen) atoms. The summed E-state index contributed by atoms with van der Waals surface area (Å²) in [5, 5.41) is 0. The molecule has 0 radical (unpaired) electrons. The lowest BCUT2D eigenvalue weighted by Gasteiger charge is -2.34. The molecule has 0 rings (SSSR count). The first-order chi connectivity index (χ1) is 11.4. The van der Waals surface area contributed by atoms with Crippen molar-refractivity contribution in [1.29, 1.82) is 0 Å². The molecule has 0 heterocycles. The van der Waals surface area contributed by atoms with Crippen molar-refractivity contribution in [3.63, 3.8) is 0 Å². The monoisotopic (exact) mass is 356 g/mol. The first kappa shape index (κ1) is 23.8. The molecule has 0 aliphatic rings. The number of allylic oxidation sites excluding steroid dienone is 1.